The Morgan fingerprint density at radius 2 is 2.14 bits per heavy atom. The van der Waals surface area contributed by atoms with Crippen LogP contribution in [0.4, 0.5) is 0 Å². The van der Waals surface area contributed by atoms with Crippen LogP contribution in [0.3, 0.4) is 0 Å². The number of aromatic nitrogens is 4. The highest BCUT2D eigenvalue weighted by atomic mass is 32.2. The quantitative estimate of drug-likeness (QED) is 0.680. The minimum atomic E-state index is 0.710. The third-order valence-corrected chi connectivity index (χ3v) is 5.08. The lowest BCUT2D eigenvalue weighted by Crippen LogP contribution is -2.02. The zero-order valence-electron chi connectivity index (χ0n) is 12.9. The van der Waals surface area contributed by atoms with Crippen LogP contribution in [0.5, 0.6) is 0 Å². The number of aryl methyl sites for hydroxylation is 2. The Morgan fingerprint density at radius 1 is 1.27 bits per heavy atom. The zero-order valence-corrected chi connectivity index (χ0v) is 14.5. The molecule has 0 atom stereocenters. The summed E-state index contributed by atoms with van der Waals surface area (Å²) in [7, 11) is 0. The molecule has 3 aromatic rings. The van der Waals surface area contributed by atoms with Crippen molar-refractivity contribution in [2.24, 2.45) is 0 Å². The molecule has 0 amide bonds. The van der Waals surface area contributed by atoms with E-state index >= 15 is 0 Å². The summed E-state index contributed by atoms with van der Waals surface area (Å²) in [5, 5.41) is 12.5. The molecule has 0 saturated carbocycles. The van der Waals surface area contributed by atoms with Gasteiger partial charge in [0.25, 0.3) is 0 Å². The average molecular weight is 334 g/mol. The molecule has 0 bridgehead atoms. The molecule has 0 spiro atoms. The Bertz CT molecular complexity index is 746. The van der Waals surface area contributed by atoms with Gasteiger partial charge in [0.15, 0.2) is 0 Å². The summed E-state index contributed by atoms with van der Waals surface area (Å²) in [5.41, 5.74) is 2.05. The fraction of sp³-hybridized carbons (Fsp3) is 0.400. The fourth-order valence-corrected chi connectivity index (χ4v) is 3.84. The number of hydrogen-bond donors (Lipinski definition) is 0. The molecule has 22 heavy (non-hydrogen) atoms. The second kappa shape index (κ2) is 6.66. The molecule has 116 valence electrons. The summed E-state index contributed by atoms with van der Waals surface area (Å²) < 4.78 is 7.90. The van der Waals surface area contributed by atoms with E-state index in [1.54, 1.807) is 23.1 Å². The first-order chi connectivity index (χ1) is 10.7. The molecule has 0 radical (unpaired) electrons. The molecule has 0 aromatic carbocycles. The van der Waals surface area contributed by atoms with Crippen molar-refractivity contribution in [3.8, 4) is 11.5 Å². The van der Waals surface area contributed by atoms with Crippen molar-refractivity contribution in [2.75, 3.05) is 0 Å². The van der Waals surface area contributed by atoms with Crippen LogP contribution < -0.4 is 0 Å². The predicted octanol–water partition coefficient (Wildman–Crippen LogP) is 4.06. The van der Waals surface area contributed by atoms with Crippen LogP contribution in [0.1, 0.15) is 30.0 Å². The molecular formula is C15H18N4OS2. The van der Waals surface area contributed by atoms with E-state index in [2.05, 4.69) is 32.1 Å². The highest BCUT2D eigenvalue weighted by Gasteiger charge is 2.13. The van der Waals surface area contributed by atoms with E-state index in [1.165, 1.54) is 0 Å². The van der Waals surface area contributed by atoms with Gasteiger partial charge < -0.3 is 8.98 Å². The van der Waals surface area contributed by atoms with Crippen LogP contribution in [0.15, 0.2) is 21.2 Å². The Labute approximate surface area is 137 Å². The summed E-state index contributed by atoms with van der Waals surface area (Å²) in [6, 6.07) is 2.03. The second-order valence-corrected chi connectivity index (χ2v) is 6.70. The minimum absolute atomic E-state index is 0.710. The lowest BCUT2D eigenvalue weighted by Gasteiger charge is -2.04. The second-order valence-electron chi connectivity index (χ2n) is 4.93. The van der Waals surface area contributed by atoms with Gasteiger partial charge in [-0.3, -0.25) is 0 Å². The highest BCUT2D eigenvalue weighted by Crippen LogP contribution is 2.26. The van der Waals surface area contributed by atoms with Gasteiger partial charge in [0, 0.05) is 23.2 Å². The van der Waals surface area contributed by atoms with Gasteiger partial charge in [-0.2, -0.15) is 11.3 Å². The standard InChI is InChI=1S/C15H18N4OS2/c1-4-19-11(3)17-18-14(19)9-22-8-13-10(2)20-15(16-13)12-5-6-21-7-12/h5-7H,4,8-9H2,1-3H3. The molecule has 0 aliphatic rings. The van der Waals surface area contributed by atoms with Crippen LogP contribution in [0.2, 0.25) is 0 Å². The van der Waals surface area contributed by atoms with E-state index in [-0.39, 0.29) is 0 Å². The topological polar surface area (TPSA) is 56.7 Å². The van der Waals surface area contributed by atoms with Crippen LogP contribution in [0.25, 0.3) is 11.5 Å². The van der Waals surface area contributed by atoms with E-state index in [0.29, 0.717) is 5.89 Å². The summed E-state index contributed by atoms with van der Waals surface area (Å²) >= 11 is 3.43. The number of nitrogens with zero attached hydrogens (tertiary/aromatic N) is 4. The predicted molar refractivity (Wildman–Crippen MR) is 90.0 cm³/mol. The molecule has 0 aliphatic carbocycles. The molecule has 0 aliphatic heterocycles. The fourth-order valence-electron chi connectivity index (χ4n) is 2.25. The maximum Gasteiger partial charge on any atom is 0.227 e. The third-order valence-electron chi connectivity index (χ3n) is 3.46. The Kier molecular flexibility index (Phi) is 4.63. The smallest absolute Gasteiger partial charge is 0.227 e. The molecule has 3 heterocycles. The first-order valence-corrected chi connectivity index (χ1v) is 9.24. The molecule has 0 fully saturated rings. The van der Waals surface area contributed by atoms with Crippen molar-refractivity contribution in [2.45, 2.75) is 38.8 Å². The average Bonchev–Trinajstić information content (AvgIpc) is 3.21. The van der Waals surface area contributed by atoms with Crippen LogP contribution in [0, 0.1) is 13.8 Å². The van der Waals surface area contributed by atoms with Crippen molar-refractivity contribution >= 4 is 23.1 Å². The van der Waals surface area contributed by atoms with Crippen molar-refractivity contribution in [1.82, 2.24) is 19.7 Å². The molecule has 0 saturated heterocycles. The molecule has 3 rings (SSSR count). The summed E-state index contributed by atoms with van der Waals surface area (Å²) in [6.45, 7) is 6.97. The van der Waals surface area contributed by atoms with Gasteiger partial charge in [0.1, 0.15) is 17.4 Å². The maximum absolute atomic E-state index is 5.76. The lowest BCUT2D eigenvalue weighted by atomic mass is 10.3. The first-order valence-electron chi connectivity index (χ1n) is 7.14. The molecule has 0 N–H and O–H groups in total. The van der Waals surface area contributed by atoms with Crippen LogP contribution in [-0.4, -0.2) is 19.7 Å². The van der Waals surface area contributed by atoms with Gasteiger partial charge in [-0.05, 0) is 32.2 Å². The van der Waals surface area contributed by atoms with Gasteiger partial charge >= 0.3 is 0 Å². The number of thiophene rings is 1. The van der Waals surface area contributed by atoms with Gasteiger partial charge in [-0.15, -0.1) is 22.0 Å². The van der Waals surface area contributed by atoms with E-state index < -0.39 is 0 Å². The van der Waals surface area contributed by atoms with Gasteiger partial charge in [0.05, 0.1) is 11.4 Å². The Hall–Kier alpha value is -1.60. The van der Waals surface area contributed by atoms with E-state index in [1.807, 2.05) is 25.3 Å². The molecule has 3 aromatic heterocycles. The summed E-state index contributed by atoms with van der Waals surface area (Å²) in [6.07, 6.45) is 0. The van der Waals surface area contributed by atoms with Gasteiger partial charge in [-0.1, -0.05) is 0 Å². The normalized spacial score (nSPS) is 11.2. The van der Waals surface area contributed by atoms with Crippen LogP contribution in [-0.2, 0) is 18.1 Å². The largest absolute Gasteiger partial charge is 0.441 e. The van der Waals surface area contributed by atoms with E-state index in [9.17, 15) is 0 Å². The van der Waals surface area contributed by atoms with Crippen molar-refractivity contribution < 1.29 is 4.42 Å². The first kappa shape index (κ1) is 15.3. The van der Waals surface area contributed by atoms with Gasteiger partial charge in [-0.25, -0.2) is 4.98 Å². The molecule has 7 heteroatoms. The van der Waals surface area contributed by atoms with E-state index in [0.717, 1.165) is 46.7 Å². The number of hydrogen-bond acceptors (Lipinski definition) is 6. The maximum atomic E-state index is 5.76. The van der Waals surface area contributed by atoms with Crippen molar-refractivity contribution in [1.29, 1.82) is 0 Å². The molecule has 0 unspecified atom stereocenters. The summed E-state index contributed by atoms with van der Waals surface area (Å²) in [5.74, 6) is 5.23. The van der Waals surface area contributed by atoms with Crippen molar-refractivity contribution in [3.63, 3.8) is 0 Å². The monoisotopic (exact) mass is 334 g/mol. The van der Waals surface area contributed by atoms with E-state index in [4.69, 9.17) is 4.42 Å². The SMILES string of the molecule is CCn1c(C)nnc1CSCc1nc(-c2ccsc2)oc1C. The third kappa shape index (κ3) is 3.10. The van der Waals surface area contributed by atoms with Gasteiger partial charge in [0.2, 0.25) is 5.89 Å². The summed E-state index contributed by atoms with van der Waals surface area (Å²) in [4.78, 5) is 4.61. The number of oxazole rings is 1. The van der Waals surface area contributed by atoms with Crippen molar-refractivity contribution in [3.05, 3.63) is 39.9 Å². The minimum Gasteiger partial charge on any atom is -0.441 e. The zero-order chi connectivity index (χ0) is 15.5. The van der Waals surface area contributed by atoms with Crippen LogP contribution >= 0.6 is 23.1 Å². The number of thioether (sulfide) groups is 1. The Morgan fingerprint density at radius 3 is 2.86 bits per heavy atom. The number of rotatable bonds is 6. The molecule has 5 nitrogen and oxygen atoms in total. The highest BCUT2D eigenvalue weighted by molar-refractivity contribution is 7.97. The molecular weight excluding hydrogens is 316 g/mol. The lowest BCUT2D eigenvalue weighted by molar-refractivity contribution is 0.541. The Balaban J connectivity index is 1.64.